The van der Waals surface area contributed by atoms with E-state index in [0.717, 1.165) is 11.1 Å². The van der Waals surface area contributed by atoms with Gasteiger partial charge < -0.3 is 9.30 Å². The van der Waals surface area contributed by atoms with Crippen molar-refractivity contribution in [2.45, 2.75) is 34.1 Å². The van der Waals surface area contributed by atoms with Crippen molar-refractivity contribution >= 4 is 5.97 Å². The van der Waals surface area contributed by atoms with Crippen molar-refractivity contribution in [2.75, 3.05) is 6.61 Å². The van der Waals surface area contributed by atoms with Crippen LogP contribution in [0.4, 0.5) is 0 Å². The zero-order valence-corrected chi connectivity index (χ0v) is 14.5. The zero-order chi connectivity index (χ0) is 17.4. The van der Waals surface area contributed by atoms with Gasteiger partial charge in [0, 0.05) is 18.8 Å². The summed E-state index contributed by atoms with van der Waals surface area (Å²) < 4.78 is 6.73. The summed E-state index contributed by atoms with van der Waals surface area (Å²) >= 11 is 0. The SMILES string of the molecule is CCC.CCOC(=O)c1c(-c2ccc(C)cc2)c(C#N)cn1C. The molecule has 0 atom stereocenters. The van der Waals surface area contributed by atoms with E-state index in [4.69, 9.17) is 4.74 Å². The maximum Gasteiger partial charge on any atom is 0.355 e. The molecule has 0 fully saturated rings. The molecule has 1 heterocycles. The van der Waals surface area contributed by atoms with Crippen LogP contribution in [0.1, 0.15) is 48.8 Å². The number of carbonyl (C=O) groups is 1. The lowest BCUT2D eigenvalue weighted by molar-refractivity contribution is 0.0516. The Hall–Kier alpha value is -2.54. The van der Waals surface area contributed by atoms with Crippen molar-refractivity contribution in [1.29, 1.82) is 5.26 Å². The summed E-state index contributed by atoms with van der Waals surface area (Å²) in [4.78, 5) is 12.1. The number of aromatic nitrogens is 1. The number of nitriles is 1. The van der Waals surface area contributed by atoms with Crippen LogP contribution in [0.3, 0.4) is 0 Å². The van der Waals surface area contributed by atoms with E-state index in [2.05, 4.69) is 19.9 Å². The normalized spacial score (nSPS) is 9.57. The Kier molecular flexibility index (Phi) is 7.08. The maximum absolute atomic E-state index is 12.1. The number of rotatable bonds is 3. The van der Waals surface area contributed by atoms with Crippen LogP contribution in [0, 0.1) is 18.3 Å². The number of aryl methyl sites for hydroxylation is 2. The van der Waals surface area contributed by atoms with E-state index in [1.165, 1.54) is 6.42 Å². The Morgan fingerprint density at radius 2 is 1.78 bits per heavy atom. The van der Waals surface area contributed by atoms with Gasteiger partial charge in [-0.15, -0.1) is 0 Å². The monoisotopic (exact) mass is 312 g/mol. The van der Waals surface area contributed by atoms with Crippen LogP contribution >= 0.6 is 0 Å². The average Bonchev–Trinajstić information content (AvgIpc) is 2.86. The van der Waals surface area contributed by atoms with Gasteiger partial charge in [-0.3, -0.25) is 0 Å². The van der Waals surface area contributed by atoms with Crippen LogP contribution in [0.2, 0.25) is 0 Å². The van der Waals surface area contributed by atoms with Crippen molar-refractivity contribution < 1.29 is 9.53 Å². The molecule has 122 valence electrons. The smallest absolute Gasteiger partial charge is 0.355 e. The molecule has 0 saturated heterocycles. The lowest BCUT2D eigenvalue weighted by Gasteiger charge is -2.07. The van der Waals surface area contributed by atoms with Gasteiger partial charge in [0.05, 0.1) is 12.2 Å². The van der Waals surface area contributed by atoms with Crippen molar-refractivity contribution in [3.8, 4) is 17.2 Å². The number of hydrogen-bond acceptors (Lipinski definition) is 3. The average molecular weight is 312 g/mol. The summed E-state index contributed by atoms with van der Waals surface area (Å²) in [6.07, 6.45) is 2.90. The second-order valence-electron chi connectivity index (χ2n) is 5.28. The van der Waals surface area contributed by atoms with Gasteiger partial charge in [-0.25, -0.2) is 4.79 Å². The lowest BCUT2D eigenvalue weighted by atomic mass is 10.0. The first-order valence-corrected chi connectivity index (χ1v) is 7.83. The summed E-state index contributed by atoms with van der Waals surface area (Å²) in [5.74, 6) is -0.410. The molecule has 0 N–H and O–H groups in total. The summed E-state index contributed by atoms with van der Waals surface area (Å²) in [6.45, 7) is 8.31. The maximum atomic E-state index is 12.1. The van der Waals surface area contributed by atoms with Crippen LogP contribution in [-0.2, 0) is 11.8 Å². The molecule has 4 heteroatoms. The molecule has 2 aromatic rings. The number of nitrogens with zero attached hydrogens (tertiary/aromatic N) is 2. The van der Waals surface area contributed by atoms with E-state index in [9.17, 15) is 10.1 Å². The fourth-order valence-electron chi connectivity index (χ4n) is 2.17. The van der Waals surface area contributed by atoms with Crippen LogP contribution in [0.15, 0.2) is 30.5 Å². The highest BCUT2D eigenvalue weighted by molar-refractivity contribution is 5.97. The Bertz CT molecular complexity index is 691. The third kappa shape index (κ3) is 4.46. The lowest BCUT2D eigenvalue weighted by Crippen LogP contribution is -2.10. The molecule has 0 aliphatic heterocycles. The van der Waals surface area contributed by atoms with Crippen molar-refractivity contribution in [3.05, 3.63) is 47.3 Å². The Morgan fingerprint density at radius 1 is 1.22 bits per heavy atom. The van der Waals surface area contributed by atoms with Crippen LogP contribution < -0.4 is 0 Å². The highest BCUT2D eigenvalue weighted by Crippen LogP contribution is 2.29. The molecule has 1 aromatic heterocycles. The third-order valence-corrected chi connectivity index (χ3v) is 3.11. The Labute approximate surface area is 138 Å². The minimum absolute atomic E-state index is 0.305. The molecule has 0 unspecified atom stereocenters. The van der Waals surface area contributed by atoms with E-state index < -0.39 is 5.97 Å². The van der Waals surface area contributed by atoms with E-state index in [1.54, 1.807) is 24.7 Å². The van der Waals surface area contributed by atoms with Gasteiger partial charge in [-0.2, -0.15) is 5.26 Å². The van der Waals surface area contributed by atoms with Gasteiger partial charge in [0.25, 0.3) is 0 Å². The zero-order valence-electron chi connectivity index (χ0n) is 14.5. The summed E-state index contributed by atoms with van der Waals surface area (Å²) in [7, 11) is 1.74. The molecule has 0 radical (unpaired) electrons. The molecular formula is C19H24N2O2. The molecule has 0 saturated carbocycles. The molecular weight excluding hydrogens is 288 g/mol. The van der Waals surface area contributed by atoms with Crippen LogP contribution in [0.5, 0.6) is 0 Å². The number of esters is 1. The molecule has 0 amide bonds. The number of benzene rings is 1. The molecule has 0 aliphatic rings. The highest BCUT2D eigenvalue weighted by atomic mass is 16.5. The fraction of sp³-hybridized carbons (Fsp3) is 0.368. The van der Waals surface area contributed by atoms with Gasteiger partial charge in [0.15, 0.2) is 0 Å². The van der Waals surface area contributed by atoms with Gasteiger partial charge in [0.1, 0.15) is 11.8 Å². The summed E-state index contributed by atoms with van der Waals surface area (Å²) in [6, 6.07) is 9.87. The minimum Gasteiger partial charge on any atom is -0.461 e. The minimum atomic E-state index is -0.410. The first-order valence-electron chi connectivity index (χ1n) is 7.83. The summed E-state index contributed by atoms with van der Waals surface area (Å²) in [5, 5.41) is 9.27. The van der Waals surface area contributed by atoms with Crippen molar-refractivity contribution in [2.24, 2.45) is 7.05 Å². The molecule has 0 aliphatic carbocycles. The van der Waals surface area contributed by atoms with E-state index >= 15 is 0 Å². The van der Waals surface area contributed by atoms with Gasteiger partial charge in [0.2, 0.25) is 0 Å². The Morgan fingerprint density at radius 3 is 2.26 bits per heavy atom. The van der Waals surface area contributed by atoms with Gasteiger partial charge in [-0.1, -0.05) is 50.1 Å². The van der Waals surface area contributed by atoms with E-state index in [0.29, 0.717) is 23.4 Å². The molecule has 4 nitrogen and oxygen atoms in total. The van der Waals surface area contributed by atoms with Gasteiger partial charge >= 0.3 is 5.97 Å². The first kappa shape index (κ1) is 18.5. The molecule has 23 heavy (non-hydrogen) atoms. The van der Waals surface area contributed by atoms with Crippen molar-refractivity contribution in [3.63, 3.8) is 0 Å². The fourth-order valence-corrected chi connectivity index (χ4v) is 2.17. The van der Waals surface area contributed by atoms with Crippen LogP contribution in [-0.4, -0.2) is 17.1 Å². The predicted octanol–water partition coefficient (Wildman–Crippen LogP) is 4.47. The third-order valence-electron chi connectivity index (χ3n) is 3.11. The second-order valence-corrected chi connectivity index (χ2v) is 5.28. The second kappa shape index (κ2) is 8.79. The molecule has 1 aromatic carbocycles. The molecule has 0 bridgehead atoms. The highest BCUT2D eigenvalue weighted by Gasteiger charge is 2.22. The predicted molar refractivity (Wildman–Crippen MR) is 92.2 cm³/mol. The summed E-state index contributed by atoms with van der Waals surface area (Å²) in [5.41, 5.74) is 3.48. The topological polar surface area (TPSA) is 55.0 Å². The van der Waals surface area contributed by atoms with E-state index in [-0.39, 0.29) is 0 Å². The molecule has 2 rings (SSSR count). The Balaban J connectivity index is 0.000000816. The molecule has 0 spiro atoms. The van der Waals surface area contributed by atoms with Gasteiger partial charge in [-0.05, 0) is 19.4 Å². The number of hydrogen-bond donors (Lipinski definition) is 0. The first-order chi connectivity index (χ1) is 11.0. The van der Waals surface area contributed by atoms with Crippen LogP contribution in [0.25, 0.3) is 11.1 Å². The van der Waals surface area contributed by atoms with Crippen molar-refractivity contribution in [1.82, 2.24) is 4.57 Å². The number of carbonyl (C=O) groups excluding carboxylic acids is 1. The number of ether oxygens (including phenoxy) is 1. The van der Waals surface area contributed by atoms with E-state index in [1.807, 2.05) is 31.2 Å². The largest absolute Gasteiger partial charge is 0.461 e. The quantitative estimate of drug-likeness (QED) is 0.786. The standard InChI is InChI=1S/C16H16N2O2.C3H8/c1-4-20-16(19)15-14(13(9-17)10-18(15)3)12-7-5-11(2)6-8-12;1-3-2/h5-8,10H,4H2,1-3H3;3H2,1-2H3.